The Bertz CT molecular complexity index is 2040. The Hall–Kier alpha value is -4.63. The molecule has 0 aromatic heterocycles. The fraction of sp³-hybridized carbons (Fsp3) is 0.655. The van der Waals surface area contributed by atoms with E-state index >= 15 is 4.79 Å². The lowest BCUT2D eigenvalue weighted by Crippen LogP contribution is -2.70. The number of aliphatic hydroxyl groups is 2. The number of amides is 2. The van der Waals surface area contributed by atoms with Gasteiger partial charge in [0, 0.05) is 57.0 Å². The van der Waals surface area contributed by atoms with E-state index in [1.807, 2.05) is 42.2 Å². The highest BCUT2D eigenvalue weighted by Crippen LogP contribution is 2.62. The summed E-state index contributed by atoms with van der Waals surface area (Å²) >= 11 is 0. The molecule has 1 saturated carbocycles. The van der Waals surface area contributed by atoms with Crippen LogP contribution in [-0.4, -0.2) is 90.7 Å². The number of aliphatic hydroxyl groups excluding tert-OH is 2. The number of nitrogens with one attached hydrogen (secondary N) is 1. The van der Waals surface area contributed by atoms with E-state index in [1.54, 1.807) is 12.1 Å². The van der Waals surface area contributed by atoms with Gasteiger partial charge >= 0.3 is 6.09 Å². The van der Waals surface area contributed by atoms with Crippen molar-refractivity contribution in [1.82, 2.24) is 10.2 Å². The monoisotopic (exact) mass is 958 g/mol. The number of hydrogen-bond donors (Lipinski definition) is 3. The molecule has 2 amide bonds. The number of carbonyl (C=O) groups excluding carboxylic acids is 2. The average Bonchev–Trinajstić information content (AvgIpc) is 3.84. The van der Waals surface area contributed by atoms with Crippen molar-refractivity contribution in [1.29, 1.82) is 0 Å². The van der Waals surface area contributed by atoms with Crippen LogP contribution in [0.15, 0.2) is 65.9 Å². The van der Waals surface area contributed by atoms with Crippen molar-refractivity contribution in [2.75, 3.05) is 39.8 Å². The van der Waals surface area contributed by atoms with E-state index < -0.39 is 30.1 Å². The van der Waals surface area contributed by atoms with E-state index in [0.29, 0.717) is 67.5 Å². The molecule has 5 aliphatic rings. The number of carbonyl (C=O) groups is 2. The number of unbranched alkanes of at least 4 members (excludes halogenated alkanes) is 10. The van der Waals surface area contributed by atoms with Crippen molar-refractivity contribution in [2.24, 2.45) is 22.9 Å². The smallest absolute Gasteiger partial charge is 0.412 e. The van der Waals surface area contributed by atoms with Crippen LogP contribution >= 0.6 is 0 Å². The molecule has 14 heteroatoms. The number of hydrogen-bond acceptors (Lipinski definition) is 12. The normalized spacial score (nSPS) is 24.9. The molecule has 0 spiro atoms. The first kappa shape index (κ1) is 52.2. The number of benzene rings is 2. The van der Waals surface area contributed by atoms with Gasteiger partial charge in [0.1, 0.15) is 17.5 Å². The maximum atomic E-state index is 15.4. The summed E-state index contributed by atoms with van der Waals surface area (Å²) in [7, 11) is 0. The van der Waals surface area contributed by atoms with Crippen LogP contribution in [0.2, 0.25) is 0 Å². The third kappa shape index (κ3) is 13.2. The Morgan fingerprint density at radius 3 is 2.39 bits per heavy atom. The maximum Gasteiger partial charge on any atom is 0.412 e. The Labute approximate surface area is 410 Å². The summed E-state index contributed by atoms with van der Waals surface area (Å²) in [5.41, 5.74) is 3.38. The van der Waals surface area contributed by atoms with E-state index in [2.05, 4.69) is 24.9 Å². The van der Waals surface area contributed by atoms with Crippen LogP contribution < -0.4 is 24.3 Å². The standard InChI is InChI=1S/C55H79N3O11/c1-4-7-8-9-10-11-12-13-14-23-50(61)58(37-39-25-27-47-48(33-39)65-38-64-47)49-36-45(57-69-51-24-17-20-32-63-51)43-34-40(21-15-18-29-59)42(22-16-19-30-60)52-44-35-41(67-54(62)56-6-3)26-28-46(44)68-55(49,53(43)52)66-31-5-2/h5,25-28,33-35,40,42,49,51-53,59-60H,2,4,6-24,29-32,36-38H2,1,3H3,(H,56,62). The molecule has 0 bridgehead atoms. The summed E-state index contributed by atoms with van der Waals surface area (Å²) < 4.78 is 38.2. The molecular formula is C55H79N3O11. The van der Waals surface area contributed by atoms with Crippen molar-refractivity contribution in [2.45, 2.75) is 173 Å². The average molecular weight is 958 g/mol. The third-order valence-corrected chi connectivity index (χ3v) is 14.6. The Kier molecular flexibility index (Phi) is 20.1. The van der Waals surface area contributed by atoms with Crippen LogP contribution in [0.3, 0.4) is 0 Å². The molecule has 69 heavy (non-hydrogen) atoms. The molecule has 7 rings (SSSR count). The SMILES string of the molecule is C=CCOC12Oc3ccc(OC(=O)NCC)cc3C3C(CCCCO)C(CCCCO)C=C(C(=NOC4CCCCO4)CC1N(Cc1ccc4c(c1)OCO4)C(=O)CCCCCCCCCCC)C32. The van der Waals surface area contributed by atoms with Crippen LogP contribution in [0.4, 0.5) is 4.79 Å². The van der Waals surface area contributed by atoms with Crippen molar-refractivity contribution in [3.8, 4) is 23.0 Å². The first-order valence-electron chi connectivity index (χ1n) is 26.3. The van der Waals surface area contributed by atoms with Crippen LogP contribution in [0.1, 0.15) is 159 Å². The number of ether oxygens (including phenoxy) is 6. The van der Waals surface area contributed by atoms with Gasteiger partial charge in [0.25, 0.3) is 0 Å². The molecule has 7 unspecified atom stereocenters. The van der Waals surface area contributed by atoms with Crippen molar-refractivity contribution >= 4 is 17.7 Å². The van der Waals surface area contributed by atoms with Gasteiger partial charge < -0.3 is 53.7 Å². The molecule has 3 N–H and O–H groups in total. The third-order valence-electron chi connectivity index (χ3n) is 14.6. The molecule has 3 heterocycles. The van der Waals surface area contributed by atoms with Crippen LogP contribution in [-0.2, 0) is 25.7 Å². The van der Waals surface area contributed by atoms with E-state index in [0.717, 1.165) is 80.9 Å². The molecule has 2 aliphatic carbocycles. The molecule has 0 radical (unpaired) electrons. The number of allylic oxidation sites excluding steroid dienone is 1. The molecule has 7 atom stereocenters. The molecule has 3 aliphatic heterocycles. The fourth-order valence-electron chi connectivity index (χ4n) is 11.3. The first-order chi connectivity index (χ1) is 33.8. The van der Waals surface area contributed by atoms with Crippen LogP contribution in [0, 0.1) is 17.8 Å². The minimum atomic E-state index is -1.45. The Balaban J connectivity index is 1.37. The lowest BCUT2D eigenvalue weighted by atomic mass is 9.55. The van der Waals surface area contributed by atoms with E-state index in [1.165, 1.54) is 32.1 Å². The summed E-state index contributed by atoms with van der Waals surface area (Å²) in [4.78, 5) is 36.6. The Morgan fingerprint density at radius 2 is 1.65 bits per heavy atom. The predicted octanol–water partition coefficient (Wildman–Crippen LogP) is 10.6. The molecule has 2 fully saturated rings. The molecule has 2 aromatic rings. The minimum absolute atomic E-state index is 0.000599. The molecular weight excluding hydrogens is 879 g/mol. The molecule has 380 valence electrons. The quantitative estimate of drug-likeness (QED) is 0.0422. The van der Waals surface area contributed by atoms with E-state index in [4.69, 9.17) is 38.4 Å². The highest BCUT2D eigenvalue weighted by molar-refractivity contribution is 6.03. The van der Waals surface area contributed by atoms with Gasteiger partial charge in [-0.05, 0) is 105 Å². The Morgan fingerprint density at radius 1 is 0.899 bits per heavy atom. The summed E-state index contributed by atoms with van der Waals surface area (Å²) in [5, 5.41) is 27.8. The zero-order valence-electron chi connectivity index (χ0n) is 41.3. The second-order valence-electron chi connectivity index (χ2n) is 19.4. The lowest BCUT2D eigenvalue weighted by molar-refractivity contribution is -0.258. The second kappa shape index (κ2) is 26.5. The summed E-state index contributed by atoms with van der Waals surface area (Å²) in [6.45, 7) is 9.86. The molecule has 14 nitrogen and oxygen atoms in total. The highest BCUT2D eigenvalue weighted by Gasteiger charge is 2.65. The van der Waals surface area contributed by atoms with Crippen molar-refractivity contribution < 1.29 is 53.1 Å². The summed E-state index contributed by atoms with van der Waals surface area (Å²) in [5.74, 6) is 0.0201. The largest absolute Gasteiger partial charge is 0.459 e. The van der Waals surface area contributed by atoms with Crippen molar-refractivity contribution in [3.63, 3.8) is 0 Å². The summed E-state index contributed by atoms with van der Waals surface area (Å²) in [6.07, 6.45) is 20.9. The van der Waals surface area contributed by atoms with Gasteiger partial charge in [0.05, 0.1) is 24.8 Å². The summed E-state index contributed by atoms with van der Waals surface area (Å²) in [6, 6.07) is 10.7. The van der Waals surface area contributed by atoms with E-state index in [9.17, 15) is 15.0 Å². The van der Waals surface area contributed by atoms with Gasteiger partial charge in [-0.15, -0.1) is 6.58 Å². The first-order valence-corrected chi connectivity index (χ1v) is 26.3. The number of rotatable bonds is 28. The van der Waals surface area contributed by atoms with Gasteiger partial charge in [-0.2, -0.15) is 0 Å². The van der Waals surface area contributed by atoms with Gasteiger partial charge in [-0.25, -0.2) is 4.79 Å². The van der Waals surface area contributed by atoms with Gasteiger partial charge in [-0.3, -0.25) is 4.79 Å². The number of nitrogens with zero attached hydrogens (tertiary/aromatic N) is 2. The van der Waals surface area contributed by atoms with Crippen LogP contribution in [0.5, 0.6) is 23.0 Å². The lowest BCUT2D eigenvalue weighted by Gasteiger charge is -2.60. The number of oxime groups is 1. The van der Waals surface area contributed by atoms with Gasteiger partial charge in [0.2, 0.25) is 24.8 Å². The van der Waals surface area contributed by atoms with Crippen molar-refractivity contribution in [3.05, 3.63) is 71.8 Å². The molecule has 1 saturated heterocycles. The second-order valence-corrected chi connectivity index (χ2v) is 19.4. The molecule has 2 aromatic carbocycles. The predicted molar refractivity (Wildman–Crippen MR) is 264 cm³/mol. The topological polar surface area (TPSA) is 167 Å². The van der Waals surface area contributed by atoms with Gasteiger partial charge in [-0.1, -0.05) is 94.5 Å². The zero-order chi connectivity index (χ0) is 48.4. The highest BCUT2D eigenvalue weighted by atomic mass is 16.8. The minimum Gasteiger partial charge on any atom is -0.459 e. The van der Waals surface area contributed by atoms with Gasteiger partial charge in [0.15, 0.2) is 11.5 Å². The fourth-order valence-corrected chi connectivity index (χ4v) is 11.3. The van der Waals surface area contributed by atoms with Crippen LogP contribution in [0.25, 0.3) is 0 Å². The van der Waals surface area contributed by atoms with E-state index in [-0.39, 0.29) is 63.2 Å². The number of fused-ring (bicyclic) bond motifs is 3. The zero-order valence-corrected chi connectivity index (χ0v) is 41.3. The maximum absolute atomic E-state index is 15.4.